The molecule has 116 valence electrons. The molecule has 0 saturated carbocycles. The molecule has 0 aliphatic rings. The molecule has 0 aliphatic heterocycles. The molecule has 0 saturated heterocycles. The second kappa shape index (κ2) is 6.16. The topological polar surface area (TPSA) is 51.8 Å². The van der Waals surface area contributed by atoms with Gasteiger partial charge in [0.05, 0.1) is 18.1 Å². The molecule has 0 unspecified atom stereocenters. The van der Waals surface area contributed by atoms with Crippen LogP contribution in [0.3, 0.4) is 0 Å². The summed E-state index contributed by atoms with van der Waals surface area (Å²) in [6, 6.07) is 13.3. The zero-order valence-electron chi connectivity index (χ0n) is 13.1. The fourth-order valence-corrected chi connectivity index (χ4v) is 2.63. The van der Waals surface area contributed by atoms with E-state index in [9.17, 15) is 4.39 Å². The molecule has 0 aliphatic carbocycles. The van der Waals surface area contributed by atoms with E-state index in [0.29, 0.717) is 23.0 Å². The van der Waals surface area contributed by atoms with Gasteiger partial charge < -0.3 is 5.73 Å². The van der Waals surface area contributed by atoms with Gasteiger partial charge in [0.1, 0.15) is 11.6 Å². The Morgan fingerprint density at radius 3 is 2.39 bits per heavy atom. The van der Waals surface area contributed by atoms with E-state index >= 15 is 0 Å². The van der Waals surface area contributed by atoms with Crippen LogP contribution in [0.25, 0.3) is 22.4 Å². The molecule has 0 radical (unpaired) electrons. The molecule has 0 amide bonds. The standard InChI is InChI=1S/C19H18FN3/c1-12(2)14-5-3-4-6-15(14)13-7-8-16(17(20)9-13)18-10-23-19(21)11-22-18/h3-12H,1-2H3,(H2,21,23). The maximum atomic E-state index is 14.6. The Kier molecular flexibility index (Phi) is 4.06. The van der Waals surface area contributed by atoms with Crippen molar-refractivity contribution in [3.05, 3.63) is 66.2 Å². The summed E-state index contributed by atoms with van der Waals surface area (Å²) in [7, 11) is 0. The van der Waals surface area contributed by atoms with Crippen LogP contribution in [0.15, 0.2) is 54.9 Å². The normalized spacial score (nSPS) is 11.0. The van der Waals surface area contributed by atoms with Crippen molar-refractivity contribution in [1.82, 2.24) is 9.97 Å². The minimum absolute atomic E-state index is 0.316. The molecule has 0 fully saturated rings. The molecule has 4 heteroatoms. The number of anilines is 1. The van der Waals surface area contributed by atoms with Crippen molar-refractivity contribution in [2.45, 2.75) is 19.8 Å². The van der Waals surface area contributed by atoms with E-state index < -0.39 is 0 Å². The smallest absolute Gasteiger partial charge is 0.141 e. The molecule has 1 aromatic heterocycles. The summed E-state index contributed by atoms with van der Waals surface area (Å²) >= 11 is 0. The number of hydrogen-bond donors (Lipinski definition) is 1. The summed E-state index contributed by atoms with van der Waals surface area (Å²) in [5.41, 5.74) is 9.53. The van der Waals surface area contributed by atoms with Crippen molar-refractivity contribution in [2.24, 2.45) is 0 Å². The monoisotopic (exact) mass is 307 g/mol. The molecule has 2 N–H and O–H groups in total. The largest absolute Gasteiger partial charge is 0.382 e. The van der Waals surface area contributed by atoms with Crippen LogP contribution in [0, 0.1) is 5.82 Å². The molecule has 0 atom stereocenters. The lowest BCUT2D eigenvalue weighted by molar-refractivity contribution is 0.631. The van der Waals surface area contributed by atoms with Gasteiger partial charge >= 0.3 is 0 Å². The van der Waals surface area contributed by atoms with Crippen molar-refractivity contribution in [2.75, 3.05) is 5.73 Å². The molecular formula is C19H18FN3. The van der Waals surface area contributed by atoms with Gasteiger partial charge in [0, 0.05) is 5.56 Å². The summed E-state index contributed by atoms with van der Waals surface area (Å²) < 4.78 is 14.6. The molecular weight excluding hydrogens is 289 g/mol. The van der Waals surface area contributed by atoms with Crippen LogP contribution in [-0.2, 0) is 0 Å². The number of nitrogens with zero attached hydrogens (tertiary/aromatic N) is 2. The summed E-state index contributed by atoms with van der Waals surface area (Å²) in [5.74, 6) is 0.369. The fraction of sp³-hybridized carbons (Fsp3) is 0.158. The number of nitrogen functional groups attached to an aromatic ring is 1. The highest BCUT2D eigenvalue weighted by Gasteiger charge is 2.12. The van der Waals surface area contributed by atoms with Crippen LogP contribution in [0.1, 0.15) is 25.3 Å². The van der Waals surface area contributed by atoms with Crippen molar-refractivity contribution in [3.8, 4) is 22.4 Å². The second-order valence-corrected chi connectivity index (χ2v) is 5.76. The number of halogens is 1. The maximum Gasteiger partial charge on any atom is 0.141 e. The molecule has 23 heavy (non-hydrogen) atoms. The summed E-state index contributed by atoms with van der Waals surface area (Å²) in [5, 5.41) is 0. The summed E-state index contributed by atoms with van der Waals surface area (Å²) in [4.78, 5) is 8.09. The average molecular weight is 307 g/mol. The molecule has 3 rings (SSSR count). The van der Waals surface area contributed by atoms with E-state index in [4.69, 9.17) is 5.73 Å². The first-order valence-corrected chi connectivity index (χ1v) is 7.53. The average Bonchev–Trinajstić information content (AvgIpc) is 2.56. The SMILES string of the molecule is CC(C)c1ccccc1-c1ccc(-c2cnc(N)cn2)c(F)c1. The Morgan fingerprint density at radius 2 is 1.74 bits per heavy atom. The van der Waals surface area contributed by atoms with Crippen LogP contribution in [0.5, 0.6) is 0 Å². The second-order valence-electron chi connectivity index (χ2n) is 5.76. The molecule has 0 spiro atoms. The number of rotatable bonds is 3. The Morgan fingerprint density at radius 1 is 0.957 bits per heavy atom. The molecule has 1 heterocycles. The maximum absolute atomic E-state index is 14.6. The molecule has 3 aromatic rings. The first-order valence-electron chi connectivity index (χ1n) is 7.53. The highest BCUT2D eigenvalue weighted by atomic mass is 19.1. The van der Waals surface area contributed by atoms with Crippen LogP contribution in [0.2, 0.25) is 0 Å². The zero-order chi connectivity index (χ0) is 16.4. The third-order valence-electron chi connectivity index (χ3n) is 3.81. The Balaban J connectivity index is 2.05. The lowest BCUT2D eigenvalue weighted by atomic mass is 9.92. The van der Waals surface area contributed by atoms with Crippen molar-refractivity contribution >= 4 is 5.82 Å². The van der Waals surface area contributed by atoms with Gasteiger partial charge in [-0.25, -0.2) is 9.37 Å². The molecule has 3 nitrogen and oxygen atoms in total. The van der Waals surface area contributed by atoms with Crippen LogP contribution >= 0.6 is 0 Å². The lowest BCUT2D eigenvalue weighted by Crippen LogP contribution is -1.95. The highest BCUT2D eigenvalue weighted by molar-refractivity contribution is 5.72. The zero-order valence-corrected chi connectivity index (χ0v) is 13.1. The Bertz CT molecular complexity index is 826. The van der Waals surface area contributed by atoms with E-state index in [2.05, 4.69) is 29.9 Å². The predicted molar refractivity (Wildman–Crippen MR) is 91.4 cm³/mol. The van der Waals surface area contributed by atoms with Crippen LogP contribution < -0.4 is 5.73 Å². The Labute approximate surface area is 135 Å². The van der Waals surface area contributed by atoms with Crippen molar-refractivity contribution in [1.29, 1.82) is 0 Å². The van der Waals surface area contributed by atoms with Gasteiger partial charge in [-0.1, -0.05) is 44.2 Å². The van der Waals surface area contributed by atoms with E-state index in [1.807, 2.05) is 24.3 Å². The van der Waals surface area contributed by atoms with E-state index in [1.54, 1.807) is 12.1 Å². The number of hydrogen-bond acceptors (Lipinski definition) is 3. The van der Waals surface area contributed by atoms with Gasteiger partial charge in [-0.15, -0.1) is 0 Å². The number of aromatic nitrogens is 2. The minimum Gasteiger partial charge on any atom is -0.382 e. The van der Waals surface area contributed by atoms with Gasteiger partial charge in [-0.3, -0.25) is 4.98 Å². The third kappa shape index (κ3) is 3.06. The van der Waals surface area contributed by atoms with Crippen LogP contribution in [0.4, 0.5) is 10.2 Å². The fourth-order valence-electron chi connectivity index (χ4n) is 2.63. The Hall–Kier alpha value is -2.75. The number of nitrogens with two attached hydrogens (primary N) is 1. The van der Waals surface area contributed by atoms with Gasteiger partial charge in [-0.2, -0.15) is 0 Å². The van der Waals surface area contributed by atoms with Gasteiger partial charge in [0.2, 0.25) is 0 Å². The van der Waals surface area contributed by atoms with Crippen LogP contribution in [-0.4, -0.2) is 9.97 Å². The van der Waals surface area contributed by atoms with Gasteiger partial charge in [0.15, 0.2) is 0 Å². The van der Waals surface area contributed by atoms with Gasteiger partial charge in [0.25, 0.3) is 0 Å². The van der Waals surface area contributed by atoms with E-state index in [-0.39, 0.29) is 5.82 Å². The molecule has 0 bridgehead atoms. The quantitative estimate of drug-likeness (QED) is 0.766. The third-order valence-corrected chi connectivity index (χ3v) is 3.81. The number of benzene rings is 2. The van der Waals surface area contributed by atoms with Gasteiger partial charge in [-0.05, 0) is 34.7 Å². The summed E-state index contributed by atoms with van der Waals surface area (Å²) in [6.45, 7) is 4.26. The summed E-state index contributed by atoms with van der Waals surface area (Å²) in [6.07, 6.45) is 2.91. The minimum atomic E-state index is -0.319. The van der Waals surface area contributed by atoms with E-state index in [0.717, 1.165) is 11.1 Å². The highest BCUT2D eigenvalue weighted by Crippen LogP contribution is 2.31. The lowest BCUT2D eigenvalue weighted by Gasteiger charge is -2.13. The van der Waals surface area contributed by atoms with Crippen molar-refractivity contribution < 1.29 is 4.39 Å². The predicted octanol–water partition coefficient (Wildman–Crippen LogP) is 4.66. The first-order chi connectivity index (χ1) is 11.1. The van der Waals surface area contributed by atoms with Crippen molar-refractivity contribution in [3.63, 3.8) is 0 Å². The first kappa shape index (κ1) is 15.2. The van der Waals surface area contributed by atoms with E-state index in [1.165, 1.54) is 18.0 Å². The molecule has 2 aromatic carbocycles.